The molecule has 0 bridgehead atoms. The molecule has 7 heteroatoms. The first-order valence-corrected chi connectivity index (χ1v) is 8.98. The van der Waals surface area contributed by atoms with Crippen molar-refractivity contribution in [3.8, 4) is 11.5 Å². The van der Waals surface area contributed by atoms with Crippen LogP contribution in [-0.4, -0.2) is 34.9 Å². The van der Waals surface area contributed by atoms with Crippen LogP contribution in [0, 0.1) is 0 Å². The van der Waals surface area contributed by atoms with Gasteiger partial charge < -0.3 is 14.8 Å². The minimum Gasteiger partial charge on any atom is -0.486 e. The van der Waals surface area contributed by atoms with Crippen LogP contribution < -0.4 is 20.3 Å². The third-order valence-corrected chi connectivity index (χ3v) is 4.33. The summed E-state index contributed by atoms with van der Waals surface area (Å²) in [7, 11) is 0. The van der Waals surface area contributed by atoms with Gasteiger partial charge in [-0.05, 0) is 23.8 Å². The Morgan fingerprint density at radius 1 is 1.04 bits per heavy atom. The summed E-state index contributed by atoms with van der Waals surface area (Å²) in [5.41, 5.74) is 0.842. The molecule has 142 valence electrons. The molecule has 2 heterocycles. The predicted octanol–water partition coefficient (Wildman–Crippen LogP) is 1.86. The van der Waals surface area contributed by atoms with E-state index in [1.165, 1.54) is 16.8 Å². The first-order valence-electron chi connectivity index (χ1n) is 8.98. The lowest BCUT2D eigenvalue weighted by atomic mass is 10.2. The van der Waals surface area contributed by atoms with Gasteiger partial charge in [0.05, 0.1) is 13.1 Å². The summed E-state index contributed by atoms with van der Waals surface area (Å²) in [5, 5.41) is 6.98. The molecule has 0 spiro atoms. The highest BCUT2D eigenvalue weighted by molar-refractivity contribution is 5.92. The molecule has 0 fully saturated rings. The van der Waals surface area contributed by atoms with Crippen LogP contribution in [0.5, 0.6) is 11.5 Å². The Bertz CT molecular complexity index is 1030. The van der Waals surface area contributed by atoms with Crippen molar-refractivity contribution < 1.29 is 14.3 Å². The zero-order chi connectivity index (χ0) is 19.3. The van der Waals surface area contributed by atoms with Crippen LogP contribution in [0.2, 0.25) is 0 Å². The average molecular weight is 377 g/mol. The van der Waals surface area contributed by atoms with E-state index < -0.39 is 0 Å². The van der Waals surface area contributed by atoms with Gasteiger partial charge >= 0.3 is 0 Å². The number of para-hydroxylation sites is 2. The van der Waals surface area contributed by atoms with Crippen LogP contribution in [0.1, 0.15) is 16.1 Å². The molecule has 0 saturated heterocycles. The summed E-state index contributed by atoms with van der Waals surface area (Å²) in [5.74, 6) is 0.978. The largest absolute Gasteiger partial charge is 0.486 e. The summed E-state index contributed by atoms with van der Waals surface area (Å²) >= 11 is 0. The number of carbonyl (C=O) groups excluding carboxylic acids is 1. The van der Waals surface area contributed by atoms with Crippen LogP contribution in [0.3, 0.4) is 0 Å². The number of hydrogen-bond donors (Lipinski definition) is 1. The molecule has 1 aliphatic rings. The van der Waals surface area contributed by atoms with Gasteiger partial charge in [-0.25, -0.2) is 4.68 Å². The molecule has 28 heavy (non-hydrogen) atoms. The molecule has 1 unspecified atom stereocenters. The van der Waals surface area contributed by atoms with E-state index in [9.17, 15) is 9.59 Å². The molecule has 1 amide bonds. The summed E-state index contributed by atoms with van der Waals surface area (Å²) in [6.07, 6.45) is -0.297. The van der Waals surface area contributed by atoms with E-state index >= 15 is 0 Å². The highest BCUT2D eigenvalue weighted by atomic mass is 16.6. The van der Waals surface area contributed by atoms with Crippen LogP contribution in [0.25, 0.3) is 0 Å². The van der Waals surface area contributed by atoms with E-state index in [1.807, 2.05) is 54.6 Å². The van der Waals surface area contributed by atoms with E-state index in [0.29, 0.717) is 24.7 Å². The Morgan fingerprint density at radius 3 is 2.61 bits per heavy atom. The topological polar surface area (TPSA) is 82.5 Å². The summed E-state index contributed by atoms with van der Waals surface area (Å²) < 4.78 is 12.7. The lowest BCUT2D eigenvalue weighted by Gasteiger charge is -2.26. The Labute approximate surface area is 161 Å². The maximum absolute atomic E-state index is 12.5. The van der Waals surface area contributed by atoms with Gasteiger partial charge in [0, 0.05) is 6.07 Å². The number of ether oxygens (including phenoxy) is 2. The van der Waals surface area contributed by atoms with Crippen LogP contribution in [0.4, 0.5) is 0 Å². The van der Waals surface area contributed by atoms with Gasteiger partial charge in [0.1, 0.15) is 18.4 Å². The van der Waals surface area contributed by atoms with Crippen molar-refractivity contribution in [1.82, 2.24) is 15.1 Å². The van der Waals surface area contributed by atoms with E-state index in [-0.39, 0.29) is 29.8 Å². The van der Waals surface area contributed by atoms with E-state index in [2.05, 4.69) is 10.4 Å². The third kappa shape index (κ3) is 4.03. The van der Waals surface area contributed by atoms with Crippen LogP contribution in [0.15, 0.2) is 71.5 Å². The van der Waals surface area contributed by atoms with E-state index in [1.54, 1.807) is 0 Å². The molecule has 3 aromatic rings. The van der Waals surface area contributed by atoms with Crippen molar-refractivity contribution in [3.05, 3.63) is 88.3 Å². The van der Waals surface area contributed by atoms with Gasteiger partial charge in [0.15, 0.2) is 11.5 Å². The van der Waals surface area contributed by atoms with Crippen molar-refractivity contribution in [2.45, 2.75) is 12.6 Å². The standard InChI is InChI=1S/C21H19N3O4/c25-20-11-10-17(23-24(20)13-15-6-2-1-3-7-15)21(26)22-12-16-14-27-18-8-4-5-9-19(18)28-16/h1-11,16H,12-14H2,(H,22,26). The molecule has 0 aliphatic carbocycles. The monoisotopic (exact) mass is 377 g/mol. The first-order chi connectivity index (χ1) is 13.7. The second kappa shape index (κ2) is 7.96. The minimum atomic E-state index is -0.371. The molecule has 4 rings (SSSR count). The lowest BCUT2D eigenvalue weighted by molar-refractivity contribution is 0.0785. The number of nitrogens with one attached hydrogen (secondary N) is 1. The van der Waals surface area contributed by atoms with Crippen LogP contribution in [-0.2, 0) is 6.54 Å². The normalized spacial score (nSPS) is 15.1. The van der Waals surface area contributed by atoms with Gasteiger partial charge in [-0.2, -0.15) is 5.10 Å². The summed E-state index contributed by atoms with van der Waals surface area (Å²) in [6.45, 7) is 0.919. The van der Waals surface area contributed by atoms with E-state index in [0.717, 1.165) is 5.56 Å². The summed E-state index contributed by atoms with van der Waals surface area (Å²) in [4.78, 5) is 24.5. The number of rotatable bonds is 5. The SMILES string of the molecule is O=C(NCC1COc2ccccc2O1)c1ccc(=O)n(Cc2ccccc2)n1. The molecule has 7 nitrogen and oxygen atoms in total. The van der Waals surface area contributed by atoms with Gasteiger partial charge in [-0.3, -0.25) is 9.59 Å². The fourth-order valence-electron chi connectivity index (χ4n) is 2.90. The Morgan fingerprint density at radius 2 is 1.79 bits per heavy atom. The van der Waals surface area contributed by atoms with Gasteiger partial charge in [-0.15, -0.1) is 0 Å². The average Bonchev–Trinajstić information content (AvgIpc) is 2.74. The number of hydrogen-bond acceptors (Lipinski definition) is 5. The highest BCUT2D eigenvalue weighted by Crippen LogP contribution is 2.30. The number of amides is 1. The molecule has 0 radical (unpaired) electrons. The quantitative estimate of drug-likeness (QED) is 0.734. The predicted molar refractivity (Wildman–Crippen MR) is 103 cm³/mol. The molecule has 1 atom stereocenters. The first kappa shape index (κ1) is 17.8. The molecule has 0 saturated carbocycles. The maximum Gasteiger partial charge on any atom is 0.271 e. The van der Waals surface area contributed by atoms with Crippen molar-refractivity contribution >= 4 is 5.91 Å². The lowest BCUT2D eigenvalue weighted by Crippen LogP contribution is -2.41. The zero-order valence-corrected chi connectivity index (χ0v) is 15.1. The molecule has 1 aromatic heterocycles. The second-order valence-corrected chi connectivity index (χ2v) is 6.41. The summed E-state index contributed by atoms with van der Waals surface area (Å²) in [6, 6.07) is 19.7. The Hall–Kier alpha value is -3.61. The number of carbonyl (C=O) groups is 1. The number of benzene rings is 2. The van der Waals surface area contributed by atoms with Gasteiger partial charge in [0.25, 0.3) is 11.5 Å². The van der Waals surface area contributed by atoms with E-state index in [4.69, 9.17) is 9.47 Å². The van der Waals surface area contributed by atoms with Crippen molar-refractivity contribution in [2.24, 2.45) is 0 Å². The Kier molecular flexibility index (Phi) is 5.05. The zero-order valence-electron chi connectivity index (χ0n) is 15.1. The number of aromatic nitrogens is 2. The fourth-order valence-corrected chi connectivity index (χ4v) is 2.90. The van der Waals surface area contributed by atoms with Gasteiger partial charge in [0.2, 0.25) is 0 Å². The number of nitrogens with zero attached hydrogens (tertiary/aromatic N) is 2. The maximum atomic E-state index is 12.5. The smallest absolute Gasteiger partial charge is 0.271 e. The molecular weight excluding hydrogens is 358 g/mol. The third-order valence-electron chi connectivity index (χ3n) is 4.33. The highest BCUT2D eigenvalue weighted by Gasteiger charge is 2.21. The molecule has 2 aromatic carbocycles. The van der Waals surface area contributed by atoms with Crippen LogP contribution >= 0.6 is 0 Å². The Balaban J connectivity index is 1.40. The van der Waals surface area contributed by atoms with Crippen molar-refractivity contribution in [3.63, 3.8) is 0 Å². The number of fused-ring (bicyclic) bond motifs is 1. The van der Waals surface area contributed by atoms with Crippen molar-refractivity contribution in [2.75, 3.05) is 13.2 Å². The molecular formula is C21H19N3O4. The minimum absolute atomic E-state index is 0.174. The molecule has 1 N–H and O–H groups in total. The van der Waals surface area contributed by atoms with Gasteiger partial charge in [-0.1, -0.05) is 42.5 Å². The molecule has 1 aliphatic heterocycles. The van der Waals surface area contributed by atoms with Crippen molar-refractivity contribution in [1.29, 1.82) is 0 Å². The fraction of sp³-hybridized carbons (Fsp3) is 0.190. The second-order valence-electron chi connectivity index (χ2n) is 6.41.